The zero-order chi connectivity index (χ0) is 13.6. The first-order chi connectivity index (χ1) is 9.11. The van der Waals surface area contributed by atoms with Crippen molar-refractivity contribution in [2.75, 3.05) is 6.54 Å². The lowest BCUT2D eigenvalue weighted by molar-refractivity contribution is -0.156. The van der Waals surface area contributed by atoms with Crippen LogP contribution < -0.4 is 0 Å². The molecule has 5 nitrogen and oxygen atoms in total. The van der Waals surface area contributed by atoms with Crippen LogP contribution in [0.4, 0.5) is 4.79 Å². The lowest BCUT2D eigenvalue weighted by Gasteiger charge is -2.48. The van der Waals surface area contributed by atoms with E-state index in [4.69, 9.17) is 5.11 Å². The highest BCUT2D eigenvalue weighted by molar-refractivity contribution is 5.93. The minimum atomic E-state index is -0.993. The van der Waals surface area contributed by atoms with Gasteiger partial charge in [0.2, 0.25) is 5.91 Å². The van der Waals surface area contributed by atoms with Crippen LogP contribution in [0.15, 0.2) is 30.3 Å². The van der Waals surface area contributed by atoms with Gasteiger partial charge >= 0.3 is 6.09 Å². The Hall–Kier alpha value is -2.04. The van der Waals surface area contributed by atoms with E-state index in [0.29, 0.717) is 6.54 Å². The van der Waals surface area contributed by atoms with Gasteiger partial charge < -0.3 is 10.0 Å². The molecule has 0 aromatic heterocycles. The van der Waals surface area contributed by atoms with Gasteiger partial charge in [-0.15, -0.1) is 0 Å². The summed E-state index contributed by atoms with van der Waals surface area (Å²) in [6.45, 7) is 2.45. The van der Waals surface area contributed by atoms with Crippen LogP contribution in [-0.4, -0.2) is 45.5 Å². The van der Waals surface area contributed by atoms with E-state index in [2.05, 4.69) is 0 Å². The number of likely N-dealkylation sites (tertiary alicyclic amines) is 2. The Morgan fingerprint density at radius 1 is 1.37 bits per heavy atom. The number of benzene rings is 1. The van der Waals surface area contributed by atoms with Crippen LogP contribution in [0.2, 0.25) is 0 Å². The lowest BCUT2D eigenvalue weighted by atomic mass is 9.91. The van der Waals surface area contributed by atoms with Gasteiger partial charge in [0.1, 0.15) is 6.04 Å². The van der Waals surface area contributed by atoms with Gasteiger partial charge in [-0.3, -0.25) is 9.69 Å². The van der Waals surface area contributed by atoms with Gasteiger partial charge in [0.25, 0.3) is 0 Å². The maximum atomic E-state index is 12.2. The molecule has 1 N–H and O–H groups in total. The maximum absolute atomic E-state index is 12.2. The lowest BCUT2D eigenvalue weighted by Crippen LogP contribution is -2.67. The molecule has 100 valence electrons. The molecular weight excluding hydrogens is 244 g/mol. The summed E-state index contributed by atoms with van der Waals surface area (Å²) in [6, 6.07) is 9.42. The van der Waals surface area contributed by atoms with Crippen molar-refractivity contribution in [3.8, 4) is 0 Å². The molecule has 1 aromatic rings. The molecule has 0 saturated carbocycles. The molecule has 2 saturated heterocycles. The number of carboxylic acid groups (broad SMARTS) is 1. The molecule has 19 heavy (non-hydrogen) atoms. The molecule has 2 amide bonds. The van der Waals surface area contributed by atoms with E-state index >= 15 is 0 Å². The number of β-lactam (4-membered cyclic amide) rings is 1. The van der Waals surface area contributed by atoms with Crippen LogP contribution in [0.25, 0.3) is 0 Å². The Balaban J connectivity index is 1.79. The SMILES string of the molecule is C[C@@H](c1ccccc1)N1C(=O)[C@H]2[C@@H]1CCN2C(=O)O. The highest BCUT2D eigenvalue weighted by atomic mass is 16.4. The molecule has 2 aliphatic heterocycles. The first-order valence-electron chi connectivity index (χ1n) is 6.48. The Labute approximate surface area is 111 Å². The van der Waals surface area contributed by atoms with Crippen molar-refractivity contribution in [1.82, 2.24) is 9.80 Å². The van der Waals surface area contributed by atoms with E-state index in [-0.39, 0.29) is 18.0 Å². The second-order valence-corrected chi connectivity index (χ2v) is 5.11. The Morgan fingerprint density at radius 2 is 2.05 bits per heavy atom. The third-order valence-electron chi connectivity index (χ3n) is 4.18. The van der Waals surface area contributed by atoms with Gasteiger partial charge in [0.15, 0.2) is 0 Å². The van der Waals surface area contributed by atoms with Crippen LogP contribution in [-0.2, 0) is 4.79 Å². The zero-order valence-corrected chi connectivity index (χ0v) is 10.7. The van der Waals surface area contributed by atoms with E-state index in [1.165, 1.54) is 4.90 Å². The molecule has 1 aromatic carbocycles. The van der Waals surface area contributed by atoms with Gasteiger partial charge in [0.05, 0.1) is 12.1 Å². The summed E-state index contributed by atoms with van der Waals surface area (Å²) in [5.74, 6) is -0.0683. The van der Waals surface area contributed by atoms with E-state index in [9.17, 15) is 9.59 Å². The predicted molar refractivity (Wildman–Crippen MR) is 68.6 cm³/mol. The Morgan fingerprint density at radius 3 is 2.68 bits per heavy atom. The first kappa shape index (κ1) is 12.0. The summed E-state index contributed by atoms with van der Waals surface area (Å²) < 4.78 is 0. The summed E-state index contributed by atoms with van der Waals surface area (Å²) in [4.78, 5) is 26.3. The molecule has 2 aliphatic rings. The summed E-state index contributed by atoms with van der Waals surface area (Å²) in [7, 11) is 0. The molecular formula is C14H16N2O3. The van der Waals surface area contributed by atoms with Crippen LogP contribution in [0.3, 0.4) is 0 Å². The van der Waals surface area contributed by atoms with E-state index in [1.807, 2.05) is 42.2 Å². The van der Waals surface area contributed by atoms with E-state index < -0.39 is 12.1 Å². The minimum Gasteiger partial charge on any atom is -0.465 e. The van der Waals surface area contributed by atoms with Gasteiger partial charge in [-0.1, -0.05) is 30.3 Å². The van der Waals surface area contributed by atoms with E-state index in [0.717, 1.165) is 12.0 Å². The Bertz CT molecular complexity index is 517. The molecule has 0 bridgehead atoms. The maximum Gasteiger partial charge on any atom is 0.408 e. The molecule has 0 unspecified atom stereocenters. The predicted octanol–water partition coefficient (Wildman–Crippen LogP) is 1.71. The average molecular weight is 260 g/mol. The third-order valence-corrected chi connectivity index (χ3v) is 4.18. The van der Waals surface area contributed by atoms with Crippen molar-refractivity contribution in [2.24, 2.45) is 0 Å². The standard InChI is InChI=1S/C14H16N2O3/c1-9(10-5-3-2-4-6-10)16-11-7-8-15(14(18)19)12(11)13(16)17/h2-6,9,11-12H,7-8H2,1H3,(H,18,19)/t9-,11-,12+/m0/s1. The zero-order valence-electron chi connectivity index (χ0n) is 10.7. The fourth-order valence-electron chi connectivity index (χ4n) is 3.18. The fraction of sp³-hybridized carbons (Fsp3) is 0.429. The summed E-state index contributed by atoms with van der Waals surface area (Å²) in [6.07, 6.45) is -0.257. The smallest absolute Gasteiger partial charge is 0.408 e. The largest absolute Gasteiger partial charge is 0.465 e. The van der Waals surface area contributed by atoms with Crippen molar-refractivity contribution in [3.63, 3.8) is 0 Å². The number of amides is 2. The number of fused-ring (bicyclic) bond motifs is 1. The number of rotatable bonds is 2. The number of carbonyl (C=O) groups is 2. The van der Waals surface area contributed by atoms with E-state index in [1.54, 1.807) is 0 Å². The Kier molecular flexibility index (Phi) is 2.69. The van der Waals surface area contributed by atoms with Crippen molar-refractivity contribution >= 4 is 12.0 Å². The van der Waals surface area contributed by atoms with Crippen LogP contribution in [0.5, 0.6) is 0 Å². The molecule has 0 spiro atoms. The van der Waals surface area contributed by atoms with Crippen LogP contribution >= 0.6 is 0 Å². The van der Waals surface area contributed by atoms with Gasteiger partial charge in [0, 0.05) is 6.54 Å². The topological polar surface area (TPSA) is 60.9 Å². The fourth-order valence-corrected chi connectivity index (χ4v) is 3.18. The molecule has 0 radical (unpaired) electrons. The first-order valence-corrected chi connectivity index (χ1v) is 6.48. The van der Waals surface area contributed by atoms with Gasteiger partial charge in [-0.05, 0) is 18.9 Å². The average Bonchev–Trinajstić information content (AvgIpc) is 2.79. The summed E-state index contributed by atoms with van der Waals surface area (Å²) in [5, 5.41) is 9.05. The van der Waals surface area contributed by atoms with Crippen molar-refractivity contribution in [3.05, 3.63) is 35.9 Å². The highest BCUT2D eigenvalue weighted by Gasteiger charge is 2.57. The highest BCUT2D eigenvalue weighted by Crippen LogP contribution is 2.39. The third kappa shape index (κ3) is 1.69. The number of hydrogen-bond donors (Lipinski definition) is 1. The monoisotopic (exact) mass is 260 g/mol. The molecule has 5 heteroatoms. The van der Waals surface area contributed by atoms with Gasteiger partial charge in [-0.2, -0.15) is 0 Å². The molecule has 0 aliphatic carbocycles. The van der Waals surface area contributed by atoms with Crippen molar-refractivity contribution in [2.45, 2.75) is 31.5 Å². The van der Waals surface area contributed by atoms with Crippen LogP contribution in [0.1, 0.15) is 24.9 Å². The summed E-state index contributed by atoms with van der Waals surface area (Å²) >= 11 is 0. The molecule has 3 rings (SSSR count). The normalized spacial score (nSPS) is 26.9. The molecule has 2 fully saturated rings. The molecule has 2 heterocycles. The number of nitrogens with zero attached hydrogens (tertiary/aromatic N) is 2. The van der Waals surface area contributed by atoms with Gasteiger partial charge in [-0.25, -0.2) is 4.79 Å². The number of hydrogen-bond acceptors (Lipinski definition) is 2. The quantitative estimate of drug-likeness (QED) is 0.823. The second-order valence-electron chi connectivity index (χ2n) is 5.11. The minimum absolute atomic E-state index is 0.00342. The second kappa shape index (κ2) is 4.26. The number of carbonyl (C=O) groups excluding carboxylic acids is 1. The van der Waals surface area contributed by atoms with Crippen molar-refractivity contribution in [1.29, 1.82) is 0 Å². The molecule has 3 atom stereocenters. The van der Waals surface area contributed by atoms with Crippen LogP contribution in [0, 0.1) is 0 Å². The summed E-state index contributed by atoms with van der Waals surface area (Å²) in [5.41, 5.74) is 1.09. The van der Waals surface area contributed by atoms with Crippen molar-refractivity contribution < 1.29 is 14.7 Å².